The molecule has 0 aromatic heterocycles. The first kappa shape index (κ1) is 16.7. The Morgan fingerprint density at radius 2 is 2.08 bits per heavy atom. The normalized spacial score (nSPS) is 21.4. The van der Waals surface area contributed by atoms with Gasteiger partial charge in [0.15, 0.2) is 5.54 Å². The van der Waals surface area contributed by atoms with Gasteiger partial charge in [-0.1, -0.05) is 29.8 Å². The number of benzene rings is 2. The van der Waals surface area contributed by atoms with Crippen LogP contribution in [-0.4, -0.2) is 30.6 Å². The Bertz CT molecular complexity index is 901. The van der Waals surface area contributed by atoms with Gasteiger partial charge in [0.25, 0.3) is 5.91 Å². The number of rotatable bonds is 3. The number of nitrogens with one attached hydrogen (secondary N) is 1. The fraction of sp³-hybridized carbons (Fsp3) is 0.263. The van der Waals surface area contributed by atoms with Crippen LogP contribution in [0, 0.1) is 0 Å². The van der Waals surface area contributed by atoms with Gasteiger partial charge in [-0.2, -0.15) is 0 Å². The summed E-state index contributed by atoms with van der Waals surface area (Å²) in [5, 5.41) is 3.39. The van der Waals surface area contributed by atoms with E-state index in [4.69, 9.17) is 21.1 Å². The summed E-state index contributed by atoms with van der Waals surface area (Å²) in [6.45, 7) is 0.441. The fourth-order valence-corrected chi connectivity index (χ4v) is 3.75. The first-order chi connectivity index (χ1) is 12.5. The van der Waals surface area contributed by atoms with Crippen molar-refractivity contribution in [3.8, 4) is 11.5 Å². The number of fused-ring (bicyclic) bond motifs is 2. The van der Waals surface area contributed by atoms with Crippen LogP contribution in [0.3, 0.4) is 0 Å². The fourth-order valence-electron chi connectivity index (χ4n) is 3.56. The molecule has 0 bridgehead atoms. The number of hydrogen-bond acceptors (Lipinski definition) is 4. The molecule has 1 spiro atoms. The largest absolute Gasteiger partial charge is 0.496 e. The van der Waals surface area contributed by atoms with Crippen molar-refractivity contribution in [2.24, 2.45) is 0 Å². The first-order valence-corrected chi connectivity index (χ1v) is 8.62. The van der Waals surface area contributed by atoms with Gasteiger partial charge in [-0.25, -0.2) is 4.79 Å². The minimum atomic E-state index is -1.09. The first-order valence-electron chi connectivity index (χ1n) is 8.24. The lowest BCUT2D eigenvalue weighted by Crippen LogP contribution is -2.47. The van der Waals surface area contributed by atoms with Crippen LogP contribution in [-0.2, 0) is 16.9 Å². The average molecular weight is 373 g/mol. The number of urea groups is 1. The molecule has 7 heteroatoms. The zero-order valence-electron chi connectivity index (χ0n) is 14.1. The van der Waals surface area contributed by atoms with E-state index >= 15 is 0 Å². The summed E-state index contributed by atoms with van der Waals surface area (Å²) in [7, 11) is 1.54. The summed E-state index contributed by atoms with van der Waals surface area (Å²) in [5.41, 5.74) is 0.267. The summed E-state index contributed by atoms with van der Waals surface area (Å²) in [6, 6.07) is 12.0. The van der Waals surface area contributed by atoms with Crippen LogP contribution < -0.4 is 14.8 Å². The maximum Gasteiger partial charge on any atom is 0.325 e. The van der Waals surface area contributed by atoms with Gasteiger partial charge in [-0.05, 0) is 24.3 Å². The zero-order valence-corrected chi connectivity index (χ0v) is 14.9. The van der Waals surface area contributed by atoms with E-state index in [9.17, 15) is 9.59 Å². The summed E-state index contributed by atoms with van der Waals surface area (Å²) in [4.78, 5) is 27.1. The monoisotopic (exact) mass is 372 g/mol. The Balaban J connectivity index is 1.71. The van der Waals surface area contributed by atoms with E-state index in [1.807, 2.05) is 18.2 Å². The molecule has 26 heavy (non-hydrogen) atoms. The molecule has 0 radical (unpaired) electrons. The molecule has 1 N–H and O–H groups in total. The molecule has 2 aliphatic heterocycles. The van der Waals surface area contributed by atoms with Crippen LogP contribution in [0.4, 0.5) is 4.79 Å². The van der Waals surface area contributed by atoms with Gasteiger partial charge < -0.3 is 14.8 Å². The lowest BCUT2D eigenvalue weighted by atomic mass is 9.84. The second kappa shape index (κ2) is 6.21. The topological polar surface area (TPSA) is 67.9 Å². The number of imide groups is 1. The number of hydrogen-bond donors (Lipinski definition) is 1. The van der Waals surface area contributed by atoms with E-state index < -0.39 is 11.6 Å². The van der Waals surface area contributed by atoms with Gasteiger partial charge in [0.1, 0.15) is 11.5 Å². The molecule has 0 aliphatic carbocycles. The Hall–Kier alpha value is -2.73. The molecule has 1 fully saturated rings. The number of ether oxygens (including phenoxy) is 2. The Labute approximate surface area is 155 Å². The SMILES string of the molecule is COc1ccc(Cl)cc1CN1C(=O)NC2(CCOc3ccccc32)C1=O. The average Bonchev–Trinajstić information content (AvgIpc) is 2.87. The lowest BCUT2D eigenvalue weighted by molar-refractivity contribution is -0.133. The molecule has 134 valence electrons. The number of nitrogens with zero attached hydrogens (tertiary/aromatic N) is 1. The van der Waals surface area contributed by atoms with Gasteiger partial charge in [0, 0.05) is 22.6 Å². The highest BCUT2D eigenvalue weighted by Crippen LogP contribution is 2.41. The zero-order chi connectivity index (χ0) is 18.3. The molecule has 2 heterocycles. The van der Waals surface area contributed by atoms with Crippen LogP contribution in [0.1, 0.15) is 17.5 Å². The summed E-state index contributed by atoms with van der Waals surface area (Å²) < 4.78 is 11.0. The molecule has 0 saturated carbocycles. The van der Waals surface area contributed by atoms with Gasteiger partial charge in [0.2, 0.25) is 0 Å². The van der Waals surface area contributed by atoms with Crippen molar-refractivity contribution in [2.45, 2.75) is 18.5 Å². The summed E-state index contributed by atoms with van der Waals surface area (Å²) >= 11 is 6.07. The highest BCUT2D eigenvalue weighted by atomic mass is 35.5. The van der Waals surface area contributed by atoms with Crippen molar-refractivity contribution in [2.75, 3.05) is 13.7 Å². The molecular weight excluding hydrogens is 356 g/mol. The number of amides is 3. The molecule has 3 amide bonds. The van der Waals surface area contributed by atoms with Crippen LogP contribution in [0.15, 0.2) is 42.5 Å². The molecule has 1 atom stereocenters. The standard InChI is InChI=1S/C19H17ClN2O4/c1-25-15-7-6-13(20)10-12(15)11-22-17(23)19(21-18(22)24)8-9-26-16-5-3-2-4-14(16)19/h2-7,10H,8-9,11H2,1H3,(H,21,24). The highest BCUT2D eigenvalue weighted by Gasteiger charge is 2.54. The van der Waals surface area contributed by atoms with Crippen molar-refractivity contribution >= 4 is 23.5 Å². The molecule has 4 rings (SSSR count). The third kappa shape index (κ3) is 2.49. The molecule has 2 aromatic rings. The van der Waals surface area contributed by atoms with Gasteiger partial charge in [-0.15, -0.1) is 0 Å². The third-order valence-electron chi connectivity index (χ3n) is 4.83. The molecule has 2 aromatic carbocycles. The minimum Gasteiger partial charge on any atom is -0.496 e. The van der Waals surface area contributed by atoms with Crippen LogP contribution in [0.5, 0.6) is 11.5 Å². The van der Waals surface area contributed by atoms with Gasteiger partial charge >= 0.3 is 6.03 Å². The predicted octanol–water partition coefficient (Wildman–Crippen LogP) is 3.08. The number of methoxy groups -OCH3 is 1. The van der Waals surface area contributed by atoms with Crippen LogP contribution in [0.25, 0.3) is 0 Å². The van der Waals surface area contributed by atoms with E-state index in [-0.39, 0.29) is 12.5 Å². The Morgan fingerprint density at radius 3 is 2.88 bits per heavy atom. The van der Waals surface area contributed by atoms with E-state index in [1.54, 1.807) is 24.3 Å². The molecular formula is C19H17ClN2O4. The van der Waals surface area contributed by atoms with Crippen LogP contribution in [0.2, 0.25) is 5.02 Å². The number of para-hydroxylation sites is 1. The minimum absolute atomic E-state index is 0.0825. The van der Waals surface area contributed by atoms with Crippen LogP contribution >= 0.6 is 11.6 Å². The second-order valence-corrected chi connectivity index (χ2v) is 6.71. The maximum atomic E-state index is 13.3. The third-order valence-corrected chi connectivity index (χ3v) is 5.06. The van der Waals surface area contributed by atoms with Gasteiger partial charge in [-0.3, -0.25) is 9.69 Å². The second-order valence-electron chi connectivity index (χ2n) is 6.28. The van der Waals surface area contributed by atoms with E-state index in [0.717, 1.165) is 0 Å². The Morgan fingerprint density at radius 1 is 1.27 bits per heavy atom. The van der Waals surface area contributed by atoms with Crippen molar-refractivity contribution in [3.05, 3.63) is 58.6 Å². The van der Waals surface area contributed by atoms with E-state index in [2.05, 4.69) is 5.32 Å². The lowest BCUT2D eigenvalue weighted by Gasteiger charge is -2.33. The highest BCUT2D eigenvalue weighted by molar-refractivity contribution is 6.30. The van der Waals surface area contributed by atoms with Crippen molar-refractivity contribution in [1.29, 1.82) is 0 Å². The number of halogens is 1. The Kier molecular flexibility index (Phi) is 4.00. The summed E-state index contributed by atoms with van der Waals surface area (Å²) in [5.74, 6) is 0.901. The number of carbonyl (C=O) groups excluding carboxylic acids is 2. The quantitative estimate of drug-likeness (QED) is 0.841. The summed E-state index contributed by atoms with van der Waals surface area (Å²) in [6.07, 6.45) is 0.387. The van der Waals surface area contributed by atoms with Gasteiger partial charge in [0.05, 0.1) is 20.3 Å². The predicted molar refractivity (Wildman–Crippen MR) is 95.3 cm³/mol. The smallest absolute Gasteiger partial charge is 0.325 e. The van der Waals surface area contributed by atoms with Crippen molar-refractivity contribution in [1.82, 2.24) is 10.2 Å². The maximum absolute atomic E-state index is 13.3. The van der Waals surface area contributed by atoms with Crippen molar-refractivity contribution in [3.63, 3.8) is 0 Å². The number of carbonyl (C=O) groups is 2. The molecule has 2 aliphatic rings. The van der Waals surface area contributed by atoms with E-state index in [0.29, 0.717) is 40.7 Å². The molecule has 1 unspecified atom stereocenters. The molecule has 6 nitrogen and oxygen atoms in total. The van der Waals surface area contributed by atoms with Crippen molar-refractivity contribution < 1.29 is 19.1 Å². The van der Waals surface area contributed by atoms with E-state index in [1.165, 1.54) is 12.0 Å². The molecule has 1 saturated heterocycles.